The van der Waals surface area contributed by atoms with Crippen molar-refractivity contribution >= 4 is 0 Å². The van der Waals surface area contributed by atoms with Crippen LogP contribution < -0.4 is 11.2 Å². The van der Waals surface area contributed by atoms with Gasteiger partial charge in [-0.25, -0.2) is 4.79 Å². The quantitative estimate of drug-likeness (QED) is 0.699. The molecule has 3 rings (SSSR count). The molecule has 2 N–H and O–H groups in total. The number of H-pyrrole nitrogens is 1. The second kappa shape index (κ2) is 4.47. The molecular formula is C12H17N3O6. The van der Waals surface area contributed by atoms with Crippen molar-refractivity contribution in [1.82, 2.24) is 14.8 Å². The minimum absolute atomic E-state index is 0.283. The molecule has 0 saturated carbocycles. The van der Waals surface area contributed by atoms with Crippen molar-refractivity contribution in [3.8, 4) is 0 Å². The van der Waals surface area contributed by atoms with Crippen molar-refractivity contribution in [3.63, 3.8) is 0 Å². The molecule has 2 aliphatic heterocycles. The smallest absolute Gasteiger partial charge is 0.347 e. The fourth-order valence-corrected chi connectivity index (χ4v) is 3.01. The molecule has 9 nitrogen and oxygen atoms in total. The Labute approximate surface area is 119 Å². The SMILES string of the molecule is CC1(C)O[C@@H]2[C@@H](CO)O[C@@H](n3ncc(=O)[nH]c3=O)[C@]2(C)O1. The molecule has 3 heterocycles. The third-order valence-corrected chi connectivity index (χ3v) is 3.71. The van der Waals surface area contributed by atoms with Gasteiger partial charge in [0, 0.05) is 0 Å². The Morgan fingerprint density at radius 3 is 2.76 bits per heavy atom. The number of aliphatic hydroxyl groups is 1. The van der Waals surface area contributed by atoms with E-state index in [1.807, 2.05) is 0 Å². The second-order valence-corrected chi connectivity index (χ2v) is 5.82. The lowest BCUT2D eigenvalue weighted by molar-refractivity contribution is -0.220. The lowest BCUT2D eigenvalue weighted by atomic mass is 9.97. The maximum atomic E-state index is 11.9. The van der Waals surface area contributed by atoms with Gasteiger partial charge in [0.05, 0.1) is 6.61 Å². The van der Waals surface area contributed by atoms with Crippen LogP contribution in [0.1, 0.15) is 27.0 Å². The Balaban J connectivity index is 2.07. The summed E-state index contributed by atoms with van der Waals surface area (Å²) < 4.78 is 18.3. The van der Waals surface area contributed by atoms with Crippen LogP contribution >= 0.6 is 0 Å². The summed E-state index contributed by atoms with van der Waals surface area (Å²) in [5, 5.41) is 13.2. The molecule has 0 amide bonds. The first-order valence-electron chi connectivity index (χ1n) is 6.59. The van der Waals surface area contributed by atoms with Crippen molar-refractivity contribution in [2.45, 2.75) is 50.6 Å². The number of fused-ring (bicyclic) bond motifs is 1. The van der Waals surface area contributed by atoms with E-state index in [-0.39, 0.29) is 6.61 Å². The number of nitrogens with zero attached hydrogens (tertiary/aromatic N) is 2. The summed E-state index contributed by atoms with van der Waals surface area (Å²) in [6.45, 7) is 4.93. The number of nitrogens with one attached hydrogen (secondary N) is 1. The fourth-order valence-electron chi connectivity index (χ4n) is 3.01. The van der Waals surface area contributed by atoms with Crippen LogP contribution in [0.4, 0.5) is 0 Å². The van der Waals surface area contributed by atoms with Gasteiger partial charge in [-0.1, -0.05) is 0 Å². The zero-order chi connectivity index (χ0) is 15.4. The van der Waals surface area contributed by atoms with E-state index >= 15 is 0 Å². The Kier molecular flexibility index (Phi) is 3.06. The third-order valence-electron chi connectivity index (χ3n) is 3.71. The number of hydrogen-bond donors (Lipinski definition) is 2. The molecule has 0 spiro atoms. The van der Waals surface area contributed by atoms with Crippen LogP contribution in [0, 0.1) is 0 Å². The number of aliphatic hydroxyl groups excluding tert-OH is 1. The standard InChI is InChI=1S/C12H17N3O6/c1-11(2)20-8-6(5-16)19-9(12(8,3)21-11)15-10(18)14-7(17)4-13-15/h4,6,8-9,16H,5H2,1-3H3,(H,14,17,18)/t6-,8-,9-,12-/m1/s1. The monoisotopic (exact) mass is 299 g/mol. The molecule has 0 bridgehead atoms. The maximum Gasteiger partial charge on any atom is 0.347 e. The number of aromatic amines is 1. The summed E-state index contributed by atoms with van der Waals surface area (Å²) in [7, 11) is 0. The molecule has 2 saturated heterocycles. The average molecular weight is 299 g/mol. The Morgan fingerprint density at radius 2 is 2.14 bits per heavy atom. The number of aromatic nitrogens is 3. The van der Waals surface area contributed by atoms with Crippen molar-refractivity contribution in [2.75, 3.05) is 6.61 Å². The van der Waals surface area contributed by atoms with E-state index < -0.39 is 41.1 Å². The van der Waals surface area contributed by atoms with Crippen LogP contribution in [0.25, 0.3) is 0 Å². The van der Waals surface area contributed by atoms with E-state index in [1.165, 1.54) is 0 Å². The molecule has 21 heavy (non-hydrogen) atoms. The maximum absolute atomic E-state index is 11.9. The van der Waals surface area contributed by atoms with Gasteiger partial charge in [0.15, 0.2) is 12.0 Å². The summed E-state index contributed by atoms with van der Waals surface area (Å²) in [5.41, 5.74) is -2.32. The van der Waals surface area contributed by atoms with E-state index in [9.17, 15) is 14.7 Å². The summed E-state index contributed by atoms with van der Waals surface area (Å²) in [4.78, 5) is 25.2. The first-order valence-corrected chi connectivity index (χ1v) is 6.59. The predicted octanol–water partition coefficient (Wildman–Crippen LogP) is -1.27. The van der Waals surface area contributed by atoms with Crippen molar-refractivity contribution in [3.05, 3.63) is 27.0 Å². The number of rotatable bonds is 2. The molecule has 1 aromatic rings. The van der Waals surface area contributed by atoms with Gasteiger partial charge in [0.2, 0.25) is 0 Å². The van der Waals surface area contributed by atoms with Gasteiger partial charge in [0.25, 0.3) is 5.56 Å². The van der Waals surface area contributed by atoms with Crippen LogP contribution in [-0.4, -0.2) is 50.1 Å². The molecule has 0 unspecified atom stereocenters. The van der Waals surface area contributed by atoms with Crippen LogP contribution in [0.15, 0.2) is 15.8 Å². The first-order chi connectivity index (χ1) is 9.77. The van der Waals surface area contributed by atoms with Gasteiger partial charge in [-0.2, -0.15) is 9.78 Å². The largest absolute Gasteiger partial charge is 0.394 e. The van der Waals surface area contributed by atoms with Gasteiger partial charge in [-0.15, -0.1) is 0 Å². The summed E-state index contributed by atoms with van der Waals surface area (Å²) in [5.74, 6) is -0.874. The normalized spacial score (nSPS) is 37.6. The average Bonchev–Trinajstić information content (AvgIpc) is 2.76. The van der Waals surface area contributed by atoms with Crippen LogP contribution in [0.3, 0.4) is 0 Å². The molecule has 2 fully saturated rings. The van der Waals surface area contributed by atoms with E-state index in [0.29, 0.717) is 0 Å². The number of hydrogen-bond acceptors (Lipinski definition) is 7. The van der Waals surface area contributed by atoms with Crippen molar-refractivity contribution in [1.29, 1.82) is 0 Å². The van der Waals surface area contributed by atoms with E-state index in [0.717, 1.165) is 10.9 Å². The molecule has 116 valence electrons. The minimum atomic E-state index is -1.01. The molecule has 9 heteroatoms. The Morgan fingerprint density at radius 1 is 1.43 bits per heavy atom. The lowest BCUT2D eigenvalue weighted by Gasteiger charge is -2.29. The zero-order valence-corrected chi connectivity index (χ0v) is 11.9. The number of ether oxygens (including phenoxy) is 3. The van der Waals surface area contributed by atoms with Crippen molar-refractivity contribution < 1.29 is 19.3 Å². The highest BCUT2D eigenvalue weighted by atomic mass is 16.8. The highest BCUT2D eigenvalue weighted by Crippen LogP contribution is 2.50. The van der Waals surface area contributed by atoms with E-state index in [1.54, 1.807) is 20.8 Å². The molecule has 0 aliphatic carbocycles. The van der Waals surface area contributed by atoms with Crippen LogP contribution in [0.5, 0.6) is 0 Å². The second-order valence-electron chi connectivity index (χ2n) is 5.82. The van der Waals surface area contributed by atoms with Gasteiger partial charge in [-0.05, 0) is 20.8 Å². The first kappa shape index (κ1) is 14.4. The molecule has 2 aliphatic rings. The molecule has 4 atom stereocenters. The van der Waals surface area contributed by atoms with Crippen LogP contribution in [0.2, 0.25) is 0 Å². The van der Waals surface area contributed by atoms with Gasteiger partial charge in [0.1, 0.15) is 24.0 Å². The fraction of sp³-hybridized carbons (Fsp3) is 0.750. The molecule has 0 radical (unpaired) electrons. The summed E-state index contributed by atoms with van der Waals surface area (Å²) >= 11 is 0. The van der Waals surface area contributed by atoms with Crippen LogP contribution in [-0.2, 0) is 14.2 Å². The van der Waals surface area contributed by atoms with Crippen molar-refractivity contribution in [2.24, 2.45) is 0 Å². The lowest BCUT2D eigenvalue weighted by Crippen LogP contribution is -2.46. The summed E-state index contributed by atoms with van der Waals surface area (Å²) in [6, 6.07) is 0. The summed E-state index contributed by atoms with van der Waals surface area (Å²) in [6.07, 6.45) is -1.13. The molecule has 1 aromatic heterocycles. The van der Waals surface area contributed by atoms with E-state index in [4.69, 9.17) is 14.2 Å². The van der Waals surface area contributed by atoms with Gasteiger partial charge in [-0.3, -0.25) is 9.78 Å². The minimum Gasteiger partial charge on any atom is -0.394 e. The highest BCUT2D eigenvalue weighted by molar-refractivity contribution is 5.05. The highest BCUT2D eigenvalue weighted by Gasteiger charge is 2.64. The molecule has 0 aromatic carbocycles. The van der Waals surface area contributed by atoms with Gasteiger partial charge >= 0.3 is 5.69 Å². The zero-order valence-electron chi connectivity index (χ0n) is 11.9. The van der Waals surface area contributed by atoms with Gasteiger partial charge < -0.3 is 19.3 Å². The predicted molar refractivity (Wildman–Crippen MR) is 68.6 cm³/mol. The molecular weight excluding hydrogens is 282 g/mol. The Bertz CT molecular complexity index is 667. The Hall–Kier alpha value is -1.55. The third kappa shape index (κ3) is 2.13. The van der Waals surface area contributed by atoms with E-state index in [2.05, 4.69) is 10.1 Å². The topological polar surface area (TPSA) is 116 Å².